The summed E-state index contributed by atoms with van der Waals surface area (Å²) in [6.45, 7) is 1.70. The summed E-state index contributed by atoms with van der Waals surface area (Å²) in [4.78, 5) is 17.0. The first-order valence-electron chi connectivity index (χ1n) is 8.69. The fraction of sp³-hybridized carbons (Fsp3) is 0.200. The third kappa shape index (κ3) is 4.15. The Kier molecular flexibility index (Phi) is 6.38. The fourth-order valence-electron chi connectivity index (χ4n) is 3.21. The molecule has 0 fully saturated rings. The number of aliphatic carboxylic acids is 1. The molecule has 1 unspecified atom stereocenters. The van der Waals surface area contributed by atoms with E-state index in [4.69, 9.17) is 23.2 Å². The Morgan fingerprint density at radius 1 is 1.10 bits per heavy atom. The second-order valence-corrected chi connectivity index (χ2v) is 7.16. The van der Waals surface area contributed by atoms with E-state index < -0.39 is 47.3 Å². The number of hydrogen-bond donors (Lipinski definition) is 1. The Labute approximate surface area is 179 Å². The third-order valence-corrected chi connectivity index (χ3v) is 5.26. The van der Waals surface area contributed by atoms with Crippen LogP contribution >= 0.6 is 23.2 Å². The van der Waals surface area contributed by atoms with Crippen LogP contribution in [0.4, 0.5) is 17.6 Å². The molecule has 1 N–H and O–H groups in total. The van der Waals surface area contributed by atoms with Crippen LogP contribution < -0.4 is 0 Å². The molecule has 30 heavy (non-hydrogen) atoms. The molecule has 0 aliphatic carbocycles. The molecule has 4 nitrogen and oxygen atoms in total. The van der Waals surface area contributed by atoms with Crippen LogP contribution in [-0.2, 0) is 4.79 Å². The van der Waals surface area contributed by atoms with E-state index in [-0.39, 0.29) is 33.7 Å². The van der Waals surface area contributed by atoms with Crippen LogP contribution in [0.15, 0.2) is 46.1 Å². The van der Waals surface area contributed by atoms with Crippen LogP contribution in [0.25, 0.3) is 0 Å². The Hall–Kier alpha value is -2.58. The first-order chi connectivity index (χ1) is 14.1. The number of nitrogens with zero attached hydrogens (tertiary/aromatic N) is 2. The van der Waals surface area contributed by atoms with Gasteiger partial charge in [-0.15, -0.1) is 0 Å². The monoisotopic (exact) mass is 460 g/mol. The fourth-order valence-corrected chi connectivity index (χ4v) is 3.85. The molecule has 10 heteroatoms. The predicted molar refractivity (Wildman–Crippen MR) is 105 cm³/mol. The molecule has 1 aliphatic rings. The number of amidine groups is 1. The van der Waals surface area contributed by atoms with E-state index >= 15 is 0 Å². The van der Waals surface area contributed by atoms with Crippen LogP contribution in [0.2, 0.25) is 5.02 Å². The Morgan fingerprint density at radius 2 is 1.73 bits per heavy atom. The maximum Gasteiger partial charge on any atom is 0.307 e. The lowest BCUT2D eigenvalue weighted by Crippen LogP contribution is -2.36. The van der Waals surface area contributed by atoms with Gasteiger partial charge in [-0.3, -0.25) is 9.79 Å². The maximum absolute atomic E-state index is 14.5. The van der Waals surface area contributed by atoms with Crippen molar-refractivity contribution in [1.29, 1.82) is 0 Å². The standard InChI is InChI=1S/C20H14Cl2F4N2O2/c1-2-28-19(22)12(8-16(29)30)18(11-4-3-9(23)5-13(11)21)27-20(28)17-14(25)6-10(24)7-15(17)26/h3-7,18H,2,8H2,1H3,(H,29,30). The van der Waals surface area contributed by atoms with Crippen LogP contribution in [-0.4, -0.2) is 28.4 Å². The molecular formula is C20H14Cl2F4N2O2. The van der Waals surface area contributed by atoms with Gasteiger partial charge in [0.25, 0.3) is 0 Å². The van der Waals surface area contributed by atoms with Crippen molar-refractivity contribution in [1.82, 2.24) is 4.90 Å². The predicted octanol–water partition coefficient (Wildman–Crippen LogP) is 5.64. The van der Waals surface area contributed by atoms with Crippen molar-refractivity contribution >= 4 is 35.0 Å². The number of rotatable bonds is 5. The first kappa shape index (κ1) is 22.1. The lowest BCUT2D eigenvalue weighted by molar-refractivity contribution is -0.136. The molecule has 3 rings (SSSR count). The minimum atomic E-state index is -1.22. The zero-order valence-corrected chi connectivity index (χ0v) is 16.9. The van der Waals surface area contributed by atoms with E-state index in [9.17, 15) is 27.5 Å². The molecule has 1 atom stereocenters. The molecule has 1 aliphatic heterocycles. The lowest BCUT2D eigenvalue weighted by Gasteiger charge is -2.34. The molecule has 2 aromatic carbocycles. The lowest BCUT2D eigenvalue weighted by atomic mass is 9.94. The summed E-state index contributed by atoms with van der Waals surface area (Å²) in [5.74, 6) is -5.65. The van der Waals surface area contributed by atoms with Crippen LogP contribution in [0.5, 0.6) is 0 Å². The molecular weight excluding hydrogens is 447 g/mol. The highest BCUT2D eigenvalue weighted by Crippen LogP contribution is 2.41. The van der Waals surface area contributed by atoms with E-state index in [1.54, 1.807) is 6.92 Å². The number of hydrogen-bond acceptors (Lipinski definition) is 3. The maximum atomic E-state index is 14.5. The topological polar surface area (TPSA) is 52.9 Å². The van der Waals surface area contributed by atoms with Gasteiger partial charge in [-0.05, 0) is 24.6 Å². The number of aliphatic imine (C=N–C) groups is 1. The highest BCUT2D eigenvalue weighted by molar-refractivity contribution is 6.32. The van der Waals surface area contributed by atoms with Gasteiger partial charge < -0.3 is 10.0 Å². The minimum Gasteiger partial charge on any atom is -0.481 e. The van der Waals surface area contributed by atoms with E-state index in [0.29, 0.717) is 12.1 Å². The number of carboxylic acids is 1. The zero-order valence-electron chi connectivity index (χ0n) is 15.4. The summed E-state index contributed by atoms with van der Waals surface area (Å²) >= 11 is 12.6. The summed E-state index contributed by atoms with van der Waals surface area (Å²) in [7, 11) is 0. The van der Waals surface area contributed by atoms with Gasteiger partial charge in [0.1, 0.15) is 40.3 Å². The zero-order chi connectivity index (χ0) is 22.2. The van der Waals surface area contributed by atoms with Crippen molar-refractivity contribution in [2.75, 3.05) is 6.54 Å². The third-order valence-electron chi connectivity index (χ3n) is 4.48. The van der Waals surface area contributed by atoms with Gasteiger partial charge in [-0.2, -0.15) is 0 Å². The van der Waals surface area contributed by atoms with Gasteiger partial charge in [0, 0.05) is 29.3 Å². The molecule has 0 aromatic heterocycles. The second-order valence-electron chi connectivity index (χ2n) is 6.40. The largest absolute Gasteiger partial charge is 0.481 e. The normalized spacial score (nSPS) is 16.7. The Morgan fingerprint density at radius 3 is 2.27 bits per heavy atom. The van der Waals surface area contributed by atoms with Crippen LogP contribution in [0.1, 0.15) is 30.5 Å². The van der Waals surface area contributed by atoms with Crippen molar-refractivity contribution in [3.8, 4) is 0 Å². The van der Waals surface area contributed by atoms with Crippen molar-refractivity contribution < 1.29 is 27.5 Å². The van der Waals surface area contributed by atoms with Gasteiger partial charge in [0.05, 0.1) is 12.0 Å². The number of halogens is 6. The molecule has 0 amide bonds. The average Bonchev–Trinajstić information content (AvgIpc) is 2.63. The van der Waals surface area contributed by atoms with E-state index in [1.165, 1.54) is 11.0 Å². The van der Waals surface area contributed by atoms with Crippen molar-refractivity contribution in [3.05, 3.63) is 80.5 Å². The van der Waals surface area contributed by atoms with E-state index in [1.807, 2.05) is 0 Å². The highest BCUT2D eigenvalue weighted by atomic mass is 35.5. The molecule has 0 bridgehead atoms. The van der Waals surface area contributed by atoms with Crippen molar-refractivity contribution in [3.63, 3.8) is 0 Å². The molecule has 0 radical (unpaired) electrons. The van der Waals surface area contributed by atoms with Crippen LogP contribution in [0.3, 0.4) is 0 Å². The number of carboxylic acid groups (broad SMARTS) is 1. The summed E-state index contributed by atoms with van der Waals surface area (Å²) in [6, 6.07) is 3.23. The van der Waals surface area contributed by atoms with Gasteiger partial charge in [0.15, 0.2) is 0 Å². The summed E-state index contributed by atoms with van der Waals surface area (Å²) in [5, 5.41) is 9.13. The minimum absolute atomic E-state index is 0.0690. The van der Waals surface area contributed by atoms with E-state index in [2.05, 4.69) is 4.99 Å². The molecule has 1 heterocycles. The van der Waals surface area contributed by atoms with Crippen molar-refractivity contribution in [2.45, 2.75) is 19.4 Å². The quantitative estimate of drug-likeness (QED) is 0.463. The summed E-state index contributed by atoms with van der Waals surface area (Å²) < 4.78 is 55.9. The van der Waals surface area contributed by atoms with Gasteiger partial charge in [-0.1, -0.05) is 29.3 Å². The van der Waals surface area contributed by atoms with Crippen LogP contribution in [0, 0.1) is 23.3 Å². The molecule has 0 spiro atoms. The number of benzene rings is 2. The Bertz CT molecular complexity index is 1070. The summed E-state index contributed by atoms with van der Waals surface area (Å²) in [5.41, 5.74) is -0.330. The number of carbonyl (C=O) groups is 1. The van der Waals surface area contributed by atoms with Gasteiger partial charge in [0.2, 0.25) is 0 Å². The SMILES string of the molecule is CCN1C(c2c(F)cc(F)cc2F)=NC(c2ccc(F)cc2Cl)C(CC(=O)O)=C1Cl. The molecule has 158 valence electrons. The van der Waals surface area contributed by atoms with Gasteiger partial charge >= 0.3 is 5.97 Å². The second kappa shape index (κ2) is 8.65. The first-order valence-corrected chi connectivity index (χ1v) is 9.45. The smallest absolute Gasteiger partial charge is 0.307 e. The Balaban J connectivity index is 2.28. The van der Waals surface area contributed by atoms with Gasteiger partial charge in [-0.25, -0.2) is 17.6 Å². The van der Waals surface area contributed by atoms with Crippen molar-refractivity contribution in [2.24, 2.45) is 4.99 Å². The molecule has 0 saturated heterocycles. The average molecular weight is 461 g/mol. The highest BCUT2D eigenvalue weighted by Gasteiger charge is 2.35. The molecule has 2 aromatic rings. The van der Waals surface area contributed by atoms with E-state index in [0.717, 1.165) is 12.1 Å². The molecule has 0 saturated carbocycles. The summed E-state index contributed by atoms with van der Waals surface area (Å²) in [6.07, 6.45) is -0.543.